The van der Waals surface area contributed by atoms with Gasteiger partial charge in [0.25, 0.3) is 0 Å². The lowest BCUT2D eigenvalue weighted by atomic mass is 9.93. The Morgan fingerprint density at radius 3 is 1.74 bits per heavy atom. The van der Waals surface area contributed by atoms with Crippen LogP contribution in [0.4, 0.5) is 5.69 Å². The highest BCUT2D eigenvalue weighted by Crippen LogP contribution is 2.45. The second kappa shape index (κ2) is 9.55. The van der Waals surface area contributed by atoms with Crippen molar-refractivity contribution in [2.75, 3.05) is 19.6 Å². The minimum Gasteiger partial charge on any atom is -0.746 e. The Morgan fingerprint density at radius 2 is 1.48 bits per heavy atom. The predicted octanol–water partition coefficient (Wildman–Crippen LogP) is 2.30. The first-order valence-corrected chi connectivity index (χ1v) is 10.6. The van der Waals surface area contributed by atoms with E-state index in [0.717, 1.165) is 23.9 Å². The normalized spacial score (nSPS) is 13.7. The molecule has 23 heavy (non-hydrogen) atoms. The van der Waals surface area contributed by atoms with E-state index in [1.807, 2.05) is 39.8 Å². The first kappa shape index (κ1) is 22.3. The fraction of sp³-hybridized carbons (Fsp3) is 0.600. The van der Waals surface area contributed by atoms with Gasteiger partial charge in [-0.25, -0.2) is 0 Å². The van der Waals surface area contributed by atoms with Gasteiger partial charge in [-0.2, -0.15) is 0 Å². The van der Waals surface area contributed by atoms with Crippen molar-refractivity contribution in [3.63, 3.8) is 0 Å². The first-order valence-electron chi connectivity index (χ1n) is 7.22. The topological polar surface area (TPSA) is 103 Å². The minimum absolute atomic E-state index is 0.131. The molecule has 3 N–H and O–H groups in total. The molecule has 0 heterocycles. The Kier molecular flexibility index (Phi) is 9.25. The van der Waals surface area contributed by atoms with E-state index in [9.17, 15) is 13.7 Å². The smallest absolute Gasteiger partial charge is 0.319 e. The van der Waals surface area contributed by atoms with Crippen LogP contribution in [0.25, 0.3) is 0 Å². The van der Waals surface area contributed by atoms with Crippen LogP contribution in [0.2, 0.25) is 0 Å². The maximum Gasteiger partial charge on any atom is 0.319 e. The van der Waals surface area contributed by atoms with Crippen molar-refractivity contribution in [1.82, 2.24) is 0 Å². The van der Waals surface area contributed by atoms with Crippen LogP contribution in [-0.4, -0.2) is 23.8 Å². The average Bonchev–Trinajstić information content (AvgIpc) is 2.39. The van der Waals surface area contributed by atoms with E-state index >= 15 is 0 Å². The molecule has 1 unspecified atom stereocenters. The molecule has 8 heteroatoms. The monoisotopic (exact) mass is 365 g/mol. The summed E-state index contributed by atoms with van der Waals surface area (Å²) in [7, 11) is -3.83. The molecule has 0 saturated carbocycles. The molecule has 1 atom stereocenters. The van der Waals surface area contributed by atoms with Crippen LogP contribution in [0.3, 0.4) is 0 Å². The zero-order valence-corrected chi connectivity index (χ0v) is 16.6. The fourth-order valence-electron chi connectivity index (χ4n) is 1.85. The summed E-state index contributed by atoms with van der Waals surface area (Å²) < 4.78 is 30.7. The van der Waals surface area contributed by atoms with Gasteiger partial charge in [-0.15, -0.1) is 0 Å². The van der Waals surface area contributed by atoms with Crippen LogP contribution in [0.1, 0.15) is 50.7 Å². The van der Waals surface area contributed by atoms with Crippen molar-refractivity contribution in [2.24, 2.45) is 0 Å². The number of rotatable bonds is 5. The summed E-state index contributed by atoms with van der Waals surface area (Å²) in [6, 6.07) is 3.70. The van der Waals surface area contributed by atoms with Crippen LogP contribution in [0.5, 0.6) is 5.75 Å². The van der Waals surface area contributed by atoms with Crippen LogP contribution in [-0.2, 0) is 19.9 Å². The van der Waals surface area contributed by atoms with Gasteiger partial charge >= 0.3 is 7.82 Å². The van der Waals surface area contributed by atoms with E-state index in [0.29, 0.717) is 5.75 Å². The zero-order chi connectivity index (χ0) is 18.4. The molecule has 0 fully saturated rings. The Balaban J connectivity index is 0.00000108. The molecule has 1 aromatic rings. The van der Waals surface area contributed by atoms with E-state index in [4.69, 9.17) is 4.52 Å². The molecule has 0 saturated heterocycles. The highest BCUT2D eigenvalue weighted by Gasteiger charge is 2.21. The highest BCUT2D eigenvalue weighted by atomic mass is 32.2. The molecule has 134 valence electrons. The van der Waals surface area contributed by atoms with E-state index in [1.165, 1.54) is 0 Å². The molecule has 1 rings (SSSR count). The maximum absolute atomic E-state index is 11.6. The van der Waals surface area contributed by atoms with Gasteiger partial charge in [-0.05, 0) is 11.8 Å². The molecule has 0 radical (unpaired) electrons. The number of hydrogen-bond donors (Lipinski definition) is 1. The van der Waals surface area contributed by atoms with E-state index < -0.39 is 18.6 Å². The third-order valence-electron chi connectivity index (χ3n) is 2.88. The largest absolute Gasteiger partial charge is 0.746 e. The van der Waals surface area contributed by atoms with Crippen LogP contribution >= 0.6 is 7.82 Å². The second-order valence-corrected chi connectivity index (χ2v) is 8.80. The van der Waals surface area contributed by atoms with E-state index in [2.05, 4.69) is 10.3 Å². The van der Waals surface area contributed by atoms with Gasteiger partial charge in [0.2, 0.25) is 0 Å². The molecule has 0 aromatic heterocycles. The summed E-state index contributed by atoms with van der Waals surface area (Å²) in [6.45, 7) is 7.92. The van der Waals surface area contributed by atoms with Gasteiger partial charge in [0.1, 0.15) is 11.4 Å². The van der Waals surface area contributed by atoms with Gasteiger partial charge in [0.15, 0.2) is 0 Å². The lowest BCUT2D eigenvalue weighted by molar-refractivity contribution is -0.255. The van der Waals surface area contributed by atoms with E-state index in [1.54, 1.807) is 12.5 Å². The fourth-order valence-corrected chi connectivity index (χ4v) is 2.36. The van der Waals surface area contributed by atoms with Crippen molar-refractivity contribution in [1.29, 1.82) is 0 Å². The number of quaternary nitrogens is 1. The van der Waals surface area contributed by atoms with Crippen molar-refractivity contribution in [2.45, 2.75) is 39.5 Å². The van der Waals surface area contributed by atoms with Gasteiger partial charge in [-0.3, -0.25) is 8.77 Å². The van der Waals surface area contributed by atoms with Gasteiger partial charge in [0.05, 0.1) is 0 Å². The molecule has 6 nitrogen and oxygen atoms in total. The standard InChI is InChI=1S/C13H22NO4P.C2H6OS/c1-8(2)11-6-10(14)7-12(9(3)4)13(11)18-19(15,16)17-5;1-4(2)3/h6-9H,14H2,1-5H3,(H,15,16);1-2H3. The van der Waals surface area contributed by atoms with Crippen molar-refractivity contribution < 1.29 is 28.4 Å². The Bertz CT molecular complexity index is 556. The molecule has 0 amide bonds. The first-order chi connectivity index (χ1) is 10.4. The van der Waals surface area contributed by atoms with Crippen LogP contribution in [0, 0.1) is 0 Å². The van der Waals surface area contributed by atoms with Crippen molar-refractivity contribution in [3.8, 4) is 5.75 Å². The van der Waals surface area contributed by atoms with Gasteiger partial charge < -0.3 is 19.7 Å². The highest BCUT2D eigenvalue weighted by molar-refractivity contribution is 7.83. The van der Waals surface area contributed by atoms with Crippen LogP contribution < -0.4 is 15.2 Å². The second-order valence-electron chi connectivity index (χ2n) is 5.88. The number of hydrogen-bond acceptors (Lipinski definition) is 5. The zero-order valence-electron chi connectivity index (χ0n) is 14.9. The Hall–Kier alpha value is -0.720. The van der Waals surface area contributed by atoms with E-state index in [-0.39, 0.29) is 11.8 Å². The SMILES string of the molecule is COP(=O)([O-])Oc1c(C(C)C)cc([NH3+])cc1C(C)C.CS(C)=O. The molecule has 0 aliphatic carbocycles. The molecule has 1 aromatic carbocycles. The average molecular weight is 365 g/mol. The summed E-state index contributed by atoms with van der Waals surface area (Å²) in [5.41, 5.74) is 6.42. The lowest BCUT2D eigenvalue weighted by Gasteiger charge is -2.26. The van der Waals surface area contributed by atoms with Crippen LogP contribution in [0.15, 0.2) is 12.1 Å². The predicted molar refractivity (Wildman–Crippen MR) is 92.4 cm³/mol. The summed E-state index contributed by atoms with van der Waals surface area (Å²) in [5, 5.41) is 0. The lowest BCUT2D eigenvalue weighted by Crippen LogP contribution is -2.40. The van der Waals surface area contributed by atoms with Crippen molar-refractivity contribution in [3.05, 3.63) is 23.3 Å². The third-order valence-corrected chi connectivity index (χ3v) is 3.73. The minimum atomic E-state index is -4.31. The Morgan fingerprint density at radius 1 is 1.13 bits per heavy atom. The molecule has 0 aliphatic heterocycles. The number of phosphoric acid groups is 1. The summed E-state index contributed by atoms with van der Waals surface area (Å²) >= 11 is 0. The quantitative estimate of drug-likeness (QED) is 0.807. The van der Waals surface area contributed by atoms with Crippen molar-refractivity contribution >= 4 is 24.3 Å². The summed E-state index contributed by atoms with van der Waals surface area (Å²) in [6.07, 6.45) is 3.28. The molecule has 0 aliphatic rings. The third kappa shape index (κ3) is 8.08. The summed E-state index contributed by atoms with van der Waals surface area (Å²) in [4.78, 5) is 11.6. The van der Waals surface area contributed by atoms with Gasteiger partial charge in [-0.1, -0.05) is 27.7 Å². The molecule has 0 bridgehead atoms. The molecular weight excluding hydrogens is 337 g/mol. The Labute approximate surface area is 141 Å². The molecular formula is C15H28NO5PS. The number of phosphoric ester groups is 1. The maximum atomic E-state index is 11.6. The van der Waals surface area contributed by atoms with Gasteiger partial charge in [0, 0.05) is 53.7 Å². The molecule has 0 spiro atoms. The number of benzene rings is 1. The summed E-state index contributed by atoms with van der Waals surface area (Å²) in [5.74, 6) is 0.634.